The molecule has 3 aromatic carbocycles. The van der Waals surface area contributed by atoms with Gasteiger partial charge in [-0.15, -0.1) is 5.10 Å². The monoisotopic (exact) mass is 517 g/mol. The average Bonchev–Trinajstić information content (AvgIpc) is 2.78. The molecule has 3 rings (SSSR count). The third kappa shape index (κ3) is 7.31. The minimum Gasteiger partial charge on any atom is -0.496 e. The number of amidine groups is 1. The van der Waals surface area contributed by atoms with E-state index in [-0.39, 0.29) is 0 Å². The number of halogens is 2. The first-order valence-corrected chi connectivity index (χ1v) is 11.5. The molecule has 0 aliphatic carbocycles. The fourth-order valence-electron chi connectivity index (χ4n) is 2.65. The van der Waals surface area contributed by atoms with Crippen LogP contribution in [0.1, 0.15) is 16.7 Å². The van der Waals surface area contributed by atoms with Crippen LogP contribution in [0.2, 0.25) is 5.02 Å². The molecule has 0 saturated carbocycles. The molecular formula is C23H21BrClN3O2S. The number of hydrogen-bond acceptors (Lipinski definition) is 5. The lowest BCUT2D eigenvalue weighted by atomic mass is 10.1. The molecule has 8 heteroatoms. The lowest BCUT2D eigenvalue weighted by Gasteiger charge is -2.12. The molecule has 2 N–H and O–H groups in total. The van der Waals surface area contributed by atoms with Gasteiger partial charge in [0.15, 0.2) is 5.17 Å². The second kappa shape index (κ2) is 11.8. The summed E-state index contributed by atoms with van der Waals surface area (Å²) in [6, 6.07) is 21.2. The zero-order chi connectivity index (χ0) is 22.1. The van der Waals surface area contributed by atoms with Crippen LogP contribution >= 0.6 is 39.3 Å². The highest BCUT2D eigenvalue weighted by Crippen LogP contribution is 2.30. The number of nitrogens with two attached hydrogens (primary N) is 1. The van der Waals surface area contributed by atoms with Gasteiger partial charge in [-0.05, 0) is 63.5 Å². The summed E-state index contributed by atoms with van der Waals surface area (Å²) < 4.78 is 12.1. The molecule has 0 aliphatic rings. The van der Waals surface area contributed by atoms with Crippen LogP contribution in [-0.2, 0) is 12.4 Å². The van der Waals surface area contributed by atoms with Crippen LogP contribution in [0, 0.1) is 0 Å². The molecule has 0 fully saturated rings. The number of benzene rings is 3. The van der Waals surface area contributed by atoms with Gasteiger partial charge >= 0.3 is 0 Å². The number of nitrogens with zero attached hydrogens (tertiary/aromatic N) is 2. The summed E-state index contributed by atoms with van der Waals surface area (Å²) in [7, 11) is 1.62. The lowest BCUT2D eigenvalue weighted by Crippen LogP contribution is -2.06. The van der Waals surface area contributed by atoms with Crippen molar-refractivity contribution >= 4 is 50.7 Å². The van der Waals surface area contributed by atoms with Crippen molar-refractivity contribution in [2.75, 3.05) is 7.11 Å². The highest BCUT2D eigenvalue weighted by molar-refractivity contribution is 9.10. The smallest absolute Gasteiger partial charge is 0.180 e. The Kier molecular flexibility index (Phi) is 8.82. The highest BCUT2D eigenvalue weighted by atomic mass is 79.9. The van der Waals surface area contributed by atoms with E-state index in [1.807, 2.05) is 54.6 Å². The van der Waals surface area contributed by atoms with E-state index in [4.69, 9.17) is 26.8 Å². The average molecular weight is 519 g/mol. The largest absolute Gasteiger partial charge is 0.496 e. The Morgan fingerprint density at radius 3 is 2.61 bits per heavy atom. The maximum atomic E-state index is 5.98. The lowest BCUT2D eigenvalue weighted by molar-refractivity contribution is 0.295. The van der Waals surface area contributed by atoms with Gasteiger partial charge in [0, 0.05) is 16.3 Å². The Labute approximate surface area is 199 Å². The van der Waals surface area contributed by atoms with Gasteiger partial charge in [0.1, 0.15) is 18.1 Å². The quantitative estimate of drug-likeness (QED) is 0.217. The molecule has 160 valence electrons. The van der Waals surface area contributed by atoms with Crippen LogP contribution in [-0.4, -0.2) is 18.5 Å². The van der Waals surface area contributed by atoms with Crippen molar-refractivity contribution < 1.29 is 9.47 Å². The van der Waals surface area contributed by atoms with Crippen LogP contribution in [0.5, 0.6) is 11.5 Å². The van der Waals surface area contributed by atoms with Crippen LogP contribution in [0.25, 0.3) is 0 Å². The summed E-state index contributed by atoms with van der Waals surface area (Å²) >= 11 is 10.9. The first-order chi connectivity index (χ1) is 15.0. The van der Waals surface area contributed by atoms with Gasteiger partial charge in [0.25, 0.3) is 0 Å². The van der Waals surface area contributed by atoms with Crippen molar-refractivity contribution in [2.45, 2.75) is 12.4 Å². The second-order valence-corrected chi connectivity index (χ2v) is 8.68. The predicted molar refractivity (Wildman–Crippen MR) is 133 cm³/mol. The normalized spacial score (nSPS) is 11.6. The van der Waals surface area contributed by atoms with E-state index >= 15 is 0 Å². The van der Waals surface area contributed by atoms with Crippen molar-refractivity contribution in [3.05, 3.63) is 92.9 Å². The molecule has 3 aromatic rings. The minimum absolute atomic E-state index is 0.323. The molecule has 5 nitrogen and oxygen atoms in total. The Morgan fingerprint density at radius 1 is 1.10 bits per heavy atom. The summed E-state index contributed by atoms with van der Waals surface area (Å²) in [6.45, 7) is 0.323. The molecule has 0 unspecified atom stereocenters. The maximum Gasteiger partial charge on any atom is 0.180 e. The summed E-state index contributed by atoms with van der Waals surface area (Å²) in [6.07, 6.45) is 1.65. The number of thioether (sulfide) groups is 1. The number of rotatable bonds is 8. The van der Waals surface area contributed by atoms with E-state index in [1.54, 1.807) is 25.5 Å². The van der Waals surface area contributed by atoms with E-state index in [0.717, 1.165) is 27.1 Å². The SMILES string of the molecule is COc1ccc(C=NN=C(N)SCc2ccccc2)cc1COc1ccc(Cl)cc1Br. The second-order valence-electron chi connectivity index (χ2n) is 6.39. The Morgan fingerprint density at radius 2 is 1.87 bits per heavy atom. The fourth-order valence-corrected chi connectivity index (χ4v) is 4.06. The highest BCUT2D eigenvalue weighted by Gasteiger charge is 2.07. The number of methoxy groups -OCH3 is 1. The molecule has 0 heterocycles. The topological polar surface area (TPSA) is 69.2 Å². The van der Waals surface area contributed by atoms with E-state index in [0.29, 0.717) is 22.5 Å². The van der Waals surface area contributed by atoms with Crippen molar-refractivity contribution in [1.82, 2.24) is 0 Å². The van der Waals surface area contributed by atoms with Crippen LogP contribution in [0.15, 0.2) is 81.4 Å². The zero-order valence-electron chi connectivity index (χ0n) is 16.8. The van der Waals surface area contributed by atoms with Crippen molar-refractivity contribution in [3.8, 4) is 11.5 Å². The Balaban J connectivity index is 1.63. The first kappa shape index (κ1) is 23.2. The number of ether oxygens (including phenoxy) is 2. The third-order valence-corrected chi connectivity index (χ3v) is 5.88. The molecule has 0 atom stereocenters. The molecule has 0 aromatic heterocycles. The van der Waals surface area contributed by atoms with Crippen molar-refractivity contribution in [2.24, 2.45) is 15.9 Å². The number of hydrogen-bond donors (Lipinski definition) is 1. The van der Waals surface area contributed by atoms with Gasteiger partial charge in [0.05, 0.1) is 17.8 Å². The maximum absolute atomic E-state index is 5.98. The summed E-state index contributed by atoms with van der Waals surface area (Å²) in [4.78, 5) is 0. The molecule has 0 amide bonds. The van der Waals surface area contributed by atoms with Gasteiger partial charge in [-0.1, -0.05) is 53.7 Å². The standard InChI is InChI=1S/C23H21BrClN3O2S/c1-29-21-9-7-17(11-18(21)14-30-22-10-8-19(25)12-20(22)24)13-27-28-23(26)31-15-16-5-3-2-4-6-16/h2-13H,14-15H2,1H3,(H2,26,28). The summed E-state index contributed by atoms with van der Waals surface area (Å²) in [5, 5.41) is 9.21. The third-order valence-electron chi connectivity index (χ3n) is 4.17. The molecule has 31 heavy (non-hydrogen) atoms. The molecular weight excluding hydrogens is 498 g/mol. The molecule has 0 saturated heterocycles. The van der Waals surface area contributed by atoms with Crippen LogP contribution in [0.3, 0.4) is 0 Å². The van der Waals surface area contributed by atoms with Gasteiger partial charge in [-0.25, -0.2) is 0 Å². The van der Waals surface area contributed by atoms with E-state index in [9.17, 15) is 0 Å². The first-order valence-electron chi connectivity index (χ1n) is 9.33. The Bertz CT molecular complexity index is 1080. The van der Waals surface area contributed by atoms with Crippen molar-refractivity contribution in [1.29, 1.82) is 0 Å². The van der Waals surface area contributed by atoms with E-state index in [1.165, 1.54) is 17.3 Å². The summed E-state index contributed by atoms with van der Waals surface area (Å²) in [5.41, 5.74) is 8.86. The van der Waals surface area contributed by atoms with Gasteiger partial charge in [-0.2, -0.15) is 5.10 Å². The van der Waals surface area contributed by atoms with Crippen LogP contribution in [0.4, 0.5) is 0 Å². The van der Waals surface area contributed by atoms with E-state index in [2.05, 4.69) is 26.1 Å². The minimum atomic E-state index is 0.323. The van der Waals surface area contributed by atoms with Gasteiger partial charge in [-0.3, -0.25) is 0 Å². The van der Waals surface area contributed by atoms with Crippen LogP contribution < -0.4 is 15.2 Å². The van der Waals surface area contributed by atoms with Gasteiger partial charge < -0.3 is 15.2 Å². The fraction of sp³-hybridized carbons (Fsp3) is 0.130. The van der Waals surface area contributed by atoms with Crippen molar-refractivity contribution in [3.63, 3.8) is 0 Å². The zero-order valence-corrected chi connectivity index (χ0v) is 20.0. The predicted octanol–water partition coefficient (Wildman–Crippen LogP) is 6.27. The molecule has 0 spiro atoms. The summed E-state index contributed by atoms with van der Waals surface area (Å²) in [5.74, 6) is 2.16. The Hall–Kier alpha value is -2.48. The van der Waals surface area contributed by atoms with Gasteiger partial charge in [0.2, 0.25) is 0 Å². The molecule has 0 bridgehead atoms. The molecule has 0 aliphatic heterocycles. The molecule has 0 radical (unpaired) electrons. The van der Waals surface area contributed by atoms with E-state index < -0.39 is 0 Å².